The second-order valence-electron chi connectivity index (χ2n) is 8.77. The molecule has 0 aromatic heterocycles. The van der Waals surface area contributed by atoms with Crippen molar-refractivity contribution in [1.29, 1.82) is 0 Å². The van der Waals surface area contributed by atoms with Gasteiger partial charge in [-0.3, -0.25) is 9.59 Å². The molecule has 2 heterocycles. The van der Waals surface area contributed by atoms with Crippen LogP contribution >= 0.6 is 0 Å². The summed E-state index contributed by atoms with van der Waals surface area (Å²) < 4.78 is 0. The van der Waals surface area contributed by atoms with E-state index in [1.807, 2.05) is 47.4 Å². The lowest BCUT2D eigenvalue weighted by Crippen LogP contribution is -2.31. The third-order valence-electron chi connectivity index (χ3n) is 6.67. The molecule has 2 aliphatic heterocycles. The molecule has 0 saturated carbocycles. The Morgan fingerprint density at radius 1 is 0.788 bits per heavy atom. The SMILES string of the molecule is O=C(NCCCC(=O)N1CCc2ccccc21)c1ccc(N2CCc3ccccc3C2)cc1. The van der Waals surface area contributed by atoms with Crippen molar-refractivity contribution in [2.45, 2.75) is 32.2 Å². The summed E-state index contributed by atoms with van der Waals surface area (Å²) in [6.07, 6.45) is 3.03. The van der Waals surface area contributed by atoms with E-state index in [1.165, 1.54) is 16.7 Å². The van der Waals surface area contributed by atoms with Gasteiger partial charge in [0, 0.05) is 49.5 Å². The summed E-state index contributed by atoms with van der Waals surface area (Å²) in [4.78, 5) is 29.4. The average molecular weight is 440 g/mol. The summed E-state index contributed by atoms with van der Waals surface area (Å²) in [6.45, 7) is 3.12. The summed E-state index contributed by atoms with van der Waals surface area (Å²) in [5.74, 6) is 0.0335. The lowest BCUT2D eigenvalue weighted by molar-refractivity contribution is -0.118. The first-order valence-electron chi connectivity index (χ1n) is 11.8. The van der Waals surface area contributed by atoms with Gasteiger partial charge >= 0.3 is 0 Å². The molecule has 0 fully saturated rings. The predicted molar refractivity (Wildman–Crippen MR) is 132 cm³/mol. The number of carbonyl (C=O) groups excluding carboxylic acids is 2. The number of para-hydroxylation sites is 1. The van der Waals surface area contributed by atoms with Gasteiger partial charge in [-0.05, 0) is 66.3 Å². The highest BCUT2D eigenvalue weighted by atomic mass is 16.2. The zero-order chi connectivity index (χ0) is 22.6. The highest BCUT2D eigenvalue weighted by molar-refractivity contribution is 5.96. The molecule has 0 bridgehead atoms. The maximum absolute atomic E-state index is 12.6. The molecule has 0 aliphatic carbocycles. The Hall–Kier alpha value is -3.60. The van der Waals surface area contributed by atoms with Gasteiger partial charge < -0.3 is 15.1 Å². The minimum atomic E-state index is -0.0930. The molecule has 3 aromatic carbocycles. The van der Waals surface area contributed by atoms with Gasteiger partial charge in [0.25, 0.3) is 5.91 Å². The number of hydrogen-bond acceptors (Lipinski definition) is 3. The quantitative estimate of drug-likeness (QED) is 0.581. The van der Waals surface area contributed by atoms with E-state index in [0.717, 1.165) is 43.9 Å². The Bertz CT molecular complexity index is 1160. The van der Waals surface area contributed by atoms with Crippen LogP contribution in [-0.2, 0) is 24.2 Å². The Labute approximate surface area is 195 Å². The number of nitrogens with one attached hydrogen (secondary N) is 1. The van der Waals surface area contributed by atoms with Gasteiger partial charge in [-0.2, -0.15) is 0 Å². The minimum absolute atomic E-state index is 0.0930. The van der Waals surface area contributed by atoms with Gasteiger partial charge in [-0.15, -0.1) is 0 Å². The fraction of sp³-hybridized carbons (Fsp3) is 0.286. The molecule has 0 unspecified atom stereocenters. The van der Waals surface area contributed by atoms with Crippen molar-refractivity contribution in [2.24, 2.45) is 0 Å². The Morgan fingerprint density at radius 2 is 1.48 bits per heavy atom. The van der Waals surface area contributed by atoms with E-state index in [9.17, 15) is 9.59 Å². The maximum atomic E-state index is 12.6. The largest absolute Gasteiger partial charge is 0.367 e. The van der Waals surface area contributed by atoms with Crippen LogP contribution in [-0.4, -0.2) is 31.4 Å². The molecular weight excluding hydrogens is 410 g/mol. The Kier molecular flexibility index (Phi) is 6.11. The first-order valence-corrected chi connectivity index (χ1v) is 11.8. The van der Waals surface area contributed by atoms with Crippen LogP contribution in [0.25, 0.3) is 0 Å². The van der Waals surface area contributed by atoms with Crippen LogP contribution in [0.15, 0.2) is 72.8 Å². The van der Waals surface area contributed by atoms with Gasteiger partial charge in [0.05, 0.1) is 0 Å². The molecule has 0 saturated heterocycles. The van der Waals surface area contributed by atoms with Gasteiger partial charge in [-0.1, -0.05) is 42.5 Å². The van der Waals surface area contributed by atoms with E-state index >= 15 is 0 Å². The zero-order valence-corrected chi connectivity index (χ0v) is 18.8. The summed E-state index contributed by atoms with van der Waals surface area (Å²) in [7, 11) is 0. The van der Waals surface area contributed by atoms with Crippen LogP contribution < -0.4 is 15.1 Å². The third-order valence-corrected chi connectivity index (χ3v) is 6.67. The number of anilines is 2. The van der Waals surface area contributed by atoms with E-state index in [4.69, 9.17) is 0 Å². The molecule has 2 aliphatic rings. The molecule has 2 amide bonds. The zero-order valence-electron chi connectivity index (χ0n) is 18.8. The summed E-state index contributed by atoms with van der Waals surface area (Å²) in [5.41, 5.74) is 6.85. The van der Waals surface area contributed by atoms with Crippen LogP contribution in [0.3, 0.4) is 0 Å². The second-order valence-corrected chi connectivity index (χ2v) is 8.77. The van der Waals surface area contributed by atoms with Gasteiger partial charge in [-0.25, -0.2) is 0 Å². The van der Waals surface area contributed by atoms with E-state index in [-0.39, 0.29) is 11.8 Å². The second kappa shape index (κ2) is 9.49. The number of hydrogen-bond donors (Lipinski definition) is 1. The van der Waals surface area contributed by atoms with Crippen molar-refractivity contribution in [3.05, 3.63) is 95.1 Å². The fourth-order valence-corrected chi connectivity index (χ4v) is 4.82. The molecule has 0 spiro atoms. The molecule has 1 N–H and O–H groups in total. The average Bonchev–Trinajstić information content (AvgIpc) is 3.30. The van der Waals surface area contributed by atoms with Gasteiger partial charge in [0.15, 0.2) is 0 Å². The smallest absolute Gasteiger partial charge is 0.251 e. The number of carbonyl (C=O) groups is 2. The molecule has 5 nitrogen and oxygen atoms in total. The van der Waals surface area contributed by atoms with Gasteiger partial charge in [0.2, 0.25) is 5.91 Å². The van der Waals surface area contributed by atoms with Crippen LogP contribution in [0, 0.1) is 0 Å². The van der Waals surface area contributed by atoms with Crippen LogP contribution in [0.2, 0.25) is 0 Å². The summed E-state index contributed by atoms with van der Waals surface area (Å²) in [5, 5.41) is 2.95. The first-order chi connectivity index (χ1) is 16.2. The summed E-state index contributed by atoms with van der Waals surface area (Å²) in [6, 6.07) is 24.5. The normalized spacial score (nSPS) is 14.5. The van der Waals surface area contributed by atoms with Crippen molar-refractivity contribution in [3.63, 3.8) is 0 Å². The molecular formula is C28H29N3O2. The molecule has 0 atom stereocenters. The number of nitrogens with zero attached hydrogens (tertiary/aromatic N) is 2. The van der Waals surface area contributed by atoms with Crippen molar-refractivity contribution < 1.29 is 9.59 Å². The highest BCUT2D eigenvalue weighted by Gasteiger charge is 2.23. The van der Waals surface area contributed by atoms with E-state index in [2.05, 4.69) is 40.5 Å². The topological polar surface area (TPSA) is 52.7 Å². The van der Waals surface area contributed by atoms with E-state index in [0.29, 0.717) is 24.9 Å². The van der Waals surface area contributed by atoms with Crippen LogP contribution in [0.4, 0.5) is 11.4 Å². The van der Waals surface area contributed by atoms with E-state index in [1.54, 1.807) is 0 Å². The molecule has 5 heteroatoms. The fourth-order valence-electron chi connectivity index (χ4n) is 4.82. The monoisotopic (exact) mass is 439 g/mol. The number of benzene rings is 3. The number of rotatable bonds is 6. The van der Waals surface area contributed by atoms with Crippen LogP contribution in [0.1, 0.15) is 39.9 Å². The van der Waals surface area contributed by atoms with Crippen molar-refractivity contribution in [3.8, 4) is 0 Å². The molecule has 33 heavy (non-hydrogen) atoms. The molecule has 5 rings (SSSR count). The Balaban J connectivity index is 1.09. The summed E-state index contributed by atoms with van der Waals surface area (Å²) >= 11 is 0. The lowest BCUT2D eigenvalue weighted by atomic mass is 9.99. The molecule has 168 valence electrons. The van der Waals surface area contributed by atoms with Gasteiger partial charge in [0.1, 0.15) is 0 Å². The van der Waals surface area contributed by atoms with Crippen molar-refractivity contribution in [2.75, 3.05) is 29.4 Å². The standard InChI is InChI=1S/C28H29N3O2/c32-27(31-19-16-22-7-3-4-9-26(22)31)10-5-17-29-28(33)23-11-13-25(14-12-23)30-18-15-21-6-1-2-8-24(21)20-30/h1-4,6-9,11-14H,5,10,15-20H2,(H,29,33). The lowest BCUT2D eigenvalue weighted by Gasteiger charge is -2.30. The van der Waals surface area contributed by atoms with E-state index < -0.39 is 0 Å². The highest BCUT2D eigenvalue weighted by Crippen LogP contribution is 2.28. The van der Waals surface area contributed by atoms with Crippen molar-refractivity contribution in [1.82, 2.24) is 5.32 Å². The number of fused-ring (bicyclic) bond motifs is 2. The van der Waals surface area contributed by atoms with Crippen molar-refractivity contribution >= 4 is 23.2 Å². The Morgan fingerprint density at radius 3 is 2.30 bits per heavy atom. The maximum Gasteiger partial charge on any atom is 0.251 e. The first kappa shape index (κ1) is 21.3. The third kappa shape index (κ3) is 4.63. The molecule has 3 aromatic rings. The minimum Gasteiger partial charge on any atom is -0.367 e. The molecule has 0 radical (unpaired) electrons. The van der Waals surface area contributed by atoms with Crippen LogP contribution in [0.5, 0.6) is 0 Å². The predicted octanol–water partition coefficient (Wildman–Crippen LogP) is 4.35. The number of amides is 2.